The van der Waals surface area contributed by atoms with Crippen LogP contribution in [0.5, 0.6) is 11.6 Å². The third kappa shape index (κ3) is 44.9. The van der Waals surface area contributed by atoms with Gasteiger partial charge in [-0.1, -0.05) is 109 Å². The Balaban J connectivity index is 0.00000102. The summed E-state index contributed by atoms with van der Waals surface area (Å²) in [5.41, 5.74) is 15.9. The number of carbonyl (C=O) groups is 3. The van der Waals surface area contributed by atoms with E-state index in [-0.39, 0.29) is 17.8 Å². The Hall–Kier alpha value is -11.2. The molecule has 0 spiro atoms. The highest BCUT2D eigenvalue weighted by atomic mass is 19.1. The molecule has 8 heterocycles. The van der Waals surface area contributed by atoms with E-state index >= 15 is 0 Å². The number of nitrogens with zero attached hydrogens (tertiary/aromatic N) is 8. The number of aliphatic carboxylic acids is 1. The van der Waals surface area contributed by atoms with Crippen LogP contribution in [-0.4, -0.2) is 93.7 Å². The van der Waals surface area contributed by atoms with Crippen LogP contribution < -0.4 is 15.2 Å². The molecular formula is C75H95F2N11O7. The average molecular weight is 1300 g/mol. The zero-order valence-corrected chi connectivity index (χ0v) is 58.1. The Morgan fingerprint density at radius 3 is 1.47 bits per heavy atom. The van der Waals surface area contributed by atoms with Crippen LogP contribution in [0.2, 0.25) is 0 Å². The number of benzene rings is 4. The van der Waals surface area contributed by atoms with Crippen LogP contribution in [0, 0.1) is 81.1 Å². The molecule has 0 saturated carbocycles. The minimum absolute atomic E-state index is 0.245. The van der Waals surface area contributed by atoms with Crippen LogP contribution in [0.25, 0.3) is 21.5 Å². The van der Waals surface area contributed by atoms with E-state index in [1.165, 1.54) is 94.3 Å². The molecule has 20 heteroatoms. The maximum atomic E-state index is 12.2. The van der Waals surface area contributed by atoms with Gasteiger partial charge in [0.15, 0.2) is 0 Å². The number of pyridine rings is 4. The first kappa shape index (κ1) is 83.8. The molecule has 0 fully saturated rings. The highest BCUT2D eigenvalue weighted by molar-refractivity contribution is 5.85. The van der Waals surface area contributed by atoms with Gasteiger partial charge in [0.1, 0.15) is 5.75 Å². The second-order valence-electron chi connectivity index (χ2n) is 20.7. The van der Waals surface area contributed by atoms with E-state index in [4.69, 9.17) is 19.4 Å². The van der Waals surface area contributed by atoms with Crippen molar-refractivity contribution in [3.8, 4) is 11.6 Å². The average Bonchev–Trinajstić information content (AvgIpc) is 1.53. The number of H-pyrrole nitrogens is 2. The Kier molecular flexibility index (Phi) is 44.6. The second kappa shape index (κ2) is 50.5. The highest BCUT2D eigenvalue weighted by Crippen LogP contribution is 2.17. The minimum Gasteiger partial charge on any atom is -0.496 e. The van der Waals surface area contributed by atoms with Gasteiger partial charge in [0.25, 0.3) is 5.97 Å². The minimum atomic E-state index is -0.833. The molecule has 0 aliphatic heterocycles. The number of fused-ring (bicyclic) bond motifs is 2. The lowest BCUT2D eigenvalue weighted by Gasteiger charge is -2.00. The lowest BCUT2D eigenvalue weighted by molar-refractivity contribution is -0.138. The number of rotatable bonds is 2. The van der Waals surface area contributed by atoms with Crippen molar-refractivity contribution in [3.63, 3.8) is 0 Å². The largest absolute Gasteiger partial charge is 0.496 e. The fourth-order valence-corrected chi connectivity index (χ4v) is 6.79. The molecule has 0 bridgehead atoms. The Bertz CT molecular complexity index is 3760. The van der Waals surface area contributed by atoms with Gasteiger partial charge >= 0.3 is 5.97 Å². The van der Waals surface area contributed by atoms with E-state index in [2.05, 4.69) is 176 Å². The Morgan fingerprint density at radius 2 is 1.12 bits per heavy atom. The fraction of sp³-hybridized carbons (Fsp3) is 0.240. The monoisotopic (exact) mass is 1300 g/mol. The molecular weight excluding hydrogens is 1200 g/mol. The van der Waals surface area contributed by atoms with Gasteiger partial charge in [0.05, 0.1) is 33.7 Å². The maximum Gasteiger partial charge on any atom is 0.302 e. The summed E-state index contributed by atoms with van der Waals surface area (Å²) in [5, 5.41) is 23.1. The van der Waals surface area contributed by atoms with E-state index in [0.29, 0.717) is 11.4 Å². The molecule has 506 valence electrons. The van der Waals surface area contributed by atoms with Gasteiger partial charge in [-0.3, -0.25) is 29.1 Å². The zero-order valence-electron chi connectivity index (χ0n) is 58.1. The lowest BCUT2D eigenvalue weighted by Crippen LogP contribution is -2.01. The molecule has 12 rings (SSSR count). The first-order valence-corrected chi connectivity index (χ1v) is 29.7. The molecule has 4 aromatic carbocycles. The number of nitrogens with one attached hydrogen (secondary N) is 2. The van der Waals surface area contributed by atoms with E-state index in [1.807, 2.05) is 115 Å². The molecule has 18 nitrogen and oxygen atoms in total. The van der Waals surface area contributed by atoms with Gasteiger partial charge in [-0.05, 0) is 160 Å². The molecule has 0 unspecified atom stereocenters. The first-order valence-electron chi connectivity index (χ1n) is 29.7. The fourth-order valence-electron chi connectivity index (χ4n) is 6.79. The van der Waals surface area contributed by atoms with Gasteiger partial charge in [-0.15, -0.1) is 0 Å². The van der Waals surface area contributed by atoms with Crippen LogP contribution in [0.1, 0.15) is 76.4 Å². The number of esters is 1. The molecule has 0 aliphatic rings. The van der Waals surface area contributed by atoms with E-state index in [9.17, 15) is 18.4 Å². The van der Waals surface area contributed by atoms with Crippen LogP contribution in [0.15, 0.2) is 220 Å². The van der Waals surface area contributed by atoms with Crippen molar-refractivity contribution in [1.29, 1.82) is 0 Å². The zero-order chi connectivity index (χ0) is 71.5. The third-order valence-corrected chi connectivity index (χ3v) is 11.5. The van der Waals surface area contributed by atoms with Gasteiger partial charge in [-0.2, -0.15) is 19.0 Å². The number of primary amides is 1. The number of nitrogens with two attached hydrogens (primary N) is 1. The normalized spacial score (nSPS) is 9.05. The summed E-state index contributed by atoms with van der Waals surface area (Å²) in [7, 11) is 8.54. The maximum absolute atomic E-state index is 12.2. The molecule has 95 heavy (non-hydrogen) atoms. The first-order chi connectivity index (χ1) is 45.1. The molecule has 0 aliphatic carbocycles. The third-order valence-electron chi connectivity index (χ3n) is 11.5. The van der Waals surface area contributed by atoms with Crippen molar-refractivity contribution in [2.24, 2.45) is 19.8 Å². The summed E-state index contributed by atoms with van der Waals surface area (Å²) in [4.78, 5) is 45.5. The van der Waals surface area contributed by atoms with Crippen LogP contribution >= 0.6 is 0 Å². The lowest BCUT2D eigenvalue weighted by atomic mass is 10.1. The van der Waals surface area contributed by atoms with Crippen molar-refractivity contribution >= 4 is 39.4 Å². The number of aromatic amines is 2. The van der Waals surface area contributed by atoms with Crippen LogP contribution in [0.4, 0.5) is 8.78 Å². The molecule has 0 saturated heterocycles. The van der Waals surface area contributed by atoms with Crippen molar-refractivity contribution in [2.75, 3.05) is 21.3 Å². The van der Waals surface area contributed by atoms with E-state index in [0.717, 1.165) is 29.4 Å². The molecule has 12 aromatic rings. The molecule has 5 N–H and O–H groups in total. The predicted molar refractivity (Wildman–Crippen MR) is 379 cm³/mol. The number of aryl methyl sites for hydroxylation is 12. The molecule has 8 aromatic heterocycles. The quantitative estimate of drug-likeness (QED) is 0.0931. The number of hydrogen-bond donors (Lipinski definition) is 4. The van der Waals surface area contributed by atoms with Crippen molar-refractivity contribution in [3.05, 3.63) is 288 Å². The topological polar surface area (TPSA) is 244 Å². The number of ether oxygens (including phenoxy) is 3. The van der Waals surface area contributed by atoms with Crippen LogP contribution in [-0.2, 0) is 33.2 Å². The second-order valence-corrected chi connectivity index (χ2v) is 20.7. The van der Waals surface area contributed by atoms with Crippen molar-refractivity contribution < 1.29 is 42.5 Å². The summed E-state index contributed by atoms with van der Waals surface area (Å²) in [6, 6.07) is 45.9. The van der Waals surface area contributed by atoms with Crippen LogP contribution in [0.3, 0.4) is 0 Å². The highest BCUT2D eigenvalue weighted by Gasteiger charge is 1.95. The number of aromatic nitrogens is 10. The Labute approximate surface area is 559 Å². The van der Waals surface area contributed by atoms with Gasteiger partial charge in [-0.25, -0.2) is 15.0 Å². The number of carbonyl (C=O) groups excluding carboxylic acids is 2. The summed E-state index contributed by atoms with van der Waals surface area (Å²) in [6.45, 7) is 23.7. The SMILES string of the molecule is CC(=O)O.CC(N)=O.COC(C)=O.COc1ccc(C)cn1.COc1ccncc1C.Cc1cc[nH]c1.Cc1ccc(F)nc1.Cc1ccc2ccccc2c1.Cc1cccc2ccccc12.Cc1cccnc1F.Cc1ccn(C)c1.Cc1cn[nH]c1.Cc1cnn(C)c1. The summed E-state index contributed by atoms with van der Waals surface area (Å²) < 4.78 is 42.0. The van der Waals surface area contributed by atoms with E-state index < -0.39 is 11.9 Å². The summed E-state index contributed by atoms with van der Waals surface area (Å²) >= 11 is 0. The van der Waals surface area contributed by atoms with Gasteiger partial charge < -0.3 is 34.6 Å². The number of hydrogen-bond acceptors (Lipinski definition) is 12. The predicted octanol–water partition coefficient (Wildman–Crippen LogP) is 16.0. The number of amides is 1. The number of halogens is 2. The van der Waals surface area contributed by atoms with E-state index in [1.54, 1.807) is 68.8 Å². The van der Waals surface area contributed by atoms with Gasteiger partial charge in [0.2, 0.25) is 23.7 Å². The van der Waals surface area contributed by atoms with Crippen molar-refractivity contribution in [1.82, 2.24) is 49.5 Å². The standard InChI is InChI=1S/2C11H10.2C7H9NO.2C6H6FN.C6H9N.C5H8N2.C5H7N.C4H6N2.C3H6O2.C2H5NO.C2H4O2/c1-9-5-4-7-10-6-2-3-8-11(9)10;1-9-6-7-10-4-2-3-5-11(10)8-9;1-6-5-8-4-3-7(6)9-2;1-6-3-4-7(9-2)8-5-6;1-5-2-3-6(7)8-4-5;1-5-3-2-4-8-6(5)7;1-6-3-4-7(2)5-6;1-5-3-6-7(2)4-5;1-5-2-3-6-4-5;1-4-2-5-6-3-4;1-3(4)5-2;2*1-2(3)4/h2*2-8H,1H3;2*3-5H,1-2H3;2*2-4H,1H3;3-5H,1-2H3;3-4H,1-2H3;2-4,6H,1H3;2-3H,1H3,(H,5,6);1-2H3;1H3,(H2,3,4);1H3,(H,3,4). The van der Waals surface area contributed by atoms with Crippen molar-refractivity contribution in [2.45, 2.75) is 90.0 Å². The summed E-state index contributed by atoms with van der Waals surface area (Å²) in [6.07, 6.45) is 23.6. The van der Waals surface area contributed by atoms with Gasteiger partial charge in [0, 0.05) is 120 Å². The number of methoxy groups -OCH3 is 3. The summed E-state index contributed by atoms with van der Waals surface area (Å²) in [5.74, 6) is -0.654. The smallest absolute Gasteiger partial charge is 0.302 e. The molecule has 0 radical (unpaired) electrons. The number of carboxylic acids is 1. The molecule has 1 amide bonds. The Morgan fingerprint density at radius 1 is 0.526 bits per heavy atom. The number of carboxylic acid groups (broad SMARTS) is 1. The molecule has 0 atom stereocenters.